The third-order valence-electron chi connectivity index (χ3n) is 3.36. The molecule has 6 heteroatoms. The van der Waals surface area contributed by atoms with E-state index in [0.29, 0.717) is 35.8 Å². The van der Waals surface area contributed by atoms with Gasteiger partial charge in [-0.05, 0) is 38.1 Å². The molecular weight excluding hydrogens is 336 g/mol. The summed E-state index contributed by atoms with van der Waals surface area (Å²) in [6.45, 7) is 4.48. The minimum Gasteiger partial charge on any atom is -0.489 e. The molecule has 0 bridgehead atoms. The van der Waals surface area contributed by atoms with Crippen LogP contribution in [0, 0.1) is 0 Å². The predicted molar refractivity (Wildman–Crippen MR) is 95.8 cm³/mol. The van der Waals surface area contributed by atoms with Gasteiger partial charge in [-0.3, -0.25) is 0 Å². The molecule has 0 aliphatic rings. The summed E-state index contributed by atoms with van der Waals surface area (Å²) in [5.74, 6) is -0.0187. The first kappa shape index (κ1) is 19.3. The number of rotatable bonds is 9. The van der Waals surface area contributed by atoms with E-state index in [-0.39, 0.29) is 13.2 Å². The highest BCUT2D eigenvalue weighted by Crippen LogP contribution is 2.21. The fourth-order valence-electron chi connectivity index (χ4n) is 2.24. The van der Waals surface area contributed by atoms with E-state index in [1.165, 1.54) is 0 Å². The van der Waals surface area contributed by atoms with Crippen LogP contribution >= 0.6 is 0 Å². The van der Waals surface area contributed by atoms with Crippen molar-refractivity contribution in [2.45, 2.75) is 13.8 Å². The number of ether oxygens (including phenoxy) is 4. The van der Waals surface area contributed by atoms with E-state index in [4.69, 9.17) is 18.9 Å². The monoisotopic (exact) mass is 358 g/mol. The van der Waals surface area contributed by atoms with Crippen molar-refractivity contribution in [3.63, 3.8) is 0 Å². The highest BCUT2D eigenvalue weighted by atomic mass is 16.5. The zero-order valence-electron chi connectivity index (χ0n) is 14.9. The largest absolute Gasteiger partial charge is 0.489 e. The van der Waals surface area contributed by atoms with Gasteiger partial charge in [-0.25, -0.2) is 9.59 Å². The normalized spacial score (nSPS) is 10.1. The summed E-state index contributed by atoms with van der Waals surface area (Å²) < 4.78 is 21.3. The van der Waals surface area contributed by atoms with E-state index in [2.05, 4.69) is 0 Å². The maximum atomic E-state index is 11.9. The van der Waals surface area contributed by atoms with Crippen LogP contribution in [0.2, 0.25) is 0 Å². The summed E-state index contributed by atoms with van der Waals surface area (Å²) in [6.07, 6.45) is 0. The molecule has 0 heterocycles. The molecule has 0 spiro atoms. The van der Waals surface area contributed by atoms with E-state index in [1.807, 2.05) is 0 Å². The van der Waals surface area contributed by atoms with Gasteiger partial charge < -0.3 is 18.9 Å². The van der Waals surface area contributed by atoms with Crippen LogP contribution in [0.1, 0.15) is 34.6 Å². The summed E-state index contributed by atoms with van der Waals surface area (Å²) in [6, 6.07) is 13.7. The number of hydrogen-bond acceptors (Lipinski definition) is 6. The van der Waals surface area contributed by atoms with Crippen LogP contribution in [0.3, 0.4) is 0 Å². The van der Waals surface area contributed by atoms with Gasteiger partial charge in [0, 0.05) is 0 Å². The van der Waals surface area contributed by atoms with Gasteiger partial charge in [-0.2, -0.15) is 0 Å². The molecule has 0 atom stereocenters. The van der Waals surface area contributed by atoms with Gasteiger partial charge in [0.25, 0.3) is 0 Å². The molecule has 0 fully saturated rings. The molecule has 26 heavy (non-hydrogen) atoms. The van der Waals surface area contributed by atoms with Gasteiger partial charge in [-0.1, -0.05) is 24.3 Å². The number of carbonyl (C=O) groups is 2. The second kappa shape index (κ2) is 10.1. The van der Waals surface area contributed by atoms with Crippen LogP contribution < -0.4 is 9.47 Å². The predicted octanol–water partition coefficient (Wildman–Crippen LogP) is 3.50. The second-order valence-corrected chi connectivity index (χ2v) is 5.13. The zero-order chi connectivity index (χ0) is 18.8. The van der Waals surface area contributed by atoms with E-state index in [1.54, 1.807) is 62.4 Å². The van der Waals surface area contributed by atoms with Gasteiger partial charge in [0.2, 0.25) is 0 Å². The van der Waals surface area contributed by atoms with Gasteiger partial charge in [0.15, 0.2) is 0 Å². The number of para-hydroxylation sites is 2. The average molecular weight is 358 g/mol. The molecule has 0 aliphatic heterocycles. The molecule has 2 aromatic carbocycles. The third-order valence-corrected chi connectivity index (χ3v) is 3.36. The molecule has 0 radical (unpaired) electrons. The SMILES string of the molecule is CCOC(=O)c1ccccc1OCCOc1ccccc1C(=O)OCC. The summed E-state index contributed by atoms with van der Waals surface area (Å²) in [5.41, 5.74) is 0.725. The lowest BCUT2D eigenvalue weighted by molar-refractivity contribution is 0.0508. The van der Waals surface area contributed by atoms with Crippen LogP contribution in [-0.4, -0.2) is 38.4 Å². The smallest absolute Gasteiger partial charge is 0.341 e. The highest BCUT2D eigenvalue weighted by molar-refractivity contribution is 5.93. The Bertz CT molecular complexity index is 677. The van der Waals surface area contributed by atoms with E-state index in [9.17, 15) is 9.59 Å². The number of benzene rings is 2. The molecule has 0 aromatic heterocycles. The number of esters is 2. The van der Waals surface area contributed by atoms with Gasteiger partial charge in [-0.15, -0.1) is 0 Å². The lowest BCUT2D eigenvalue weighted by Gasteiger charge is -2.13. The van der Waals surface area contributed by atoms with Crippen LogP contribution in [0.25, 0.3) is 0 Å². The van der Waals surface area contributed by atoms with Crippen LogP contribution in [0.4, 0.5) is 0 Å². The van der Waals surface area contributed by atoms with Crippen molar-refractivity contribution >= 4 is 11.9 Å². The Labute approximate surface area is 152 Å². The first-order chi connectivity index (χ1) is 12.7. The Balaban J connectivity index is 1.94. The molecule has 0 amide bonds. The Morgan fingerprint density at radius 3 is 1.46 bits per heavy atom. The number of hydrogen-bond donors (Lipinski definition) is 0. The topological polar surface area (TPSA) is 71.1 Å². The van der Waals surface area contributed by atoms with Crippen molar-refractivity contribution in [1.29, 1.82) is 0 Å². The van der Waals surface area contributed by atoms with Crippen molar-refractivity contribution in [2.24, 2.45) is 0 Å². The average Bonchev–Trinajstić information content (AvgIpc) is 2.66. The van der Waals surface area contributed by atoms with Crippen LogP contribution in [0.5, 0.6) is 11.5 Å². The minimum absolute atomic E-state index is 0.202. The van der Waals surface area contributed by atoms with Crippen molar-refractivity contribution in [3.8, 4) is 11.5 Å². The Hall–Kier alpha value is -3.02. The van der Waals surface area contributed by atoms with Crippen LogP contribution in [-0.2, 0) is 9.47 Å². The lowest BCUT2D eigenvalue weighted by atomic mass is 10.2. The standard InChI is InChI=1S/C20H22O6/c1-3-23-19(21)15-9-5-7-11-17(15)25-13-14-26-18-12-8-6-10-16(18)20(22)24-4-2/h5-12H,3-4,13-14H2,1-2H3. The molecule has 138 valence electrons. The quantitative estimate of drug-likeness (QED) is 0.505. The maximum absolute atomic E-state index is 11.9. The second-order valence-electron chi connectivity index (χ2n) is 5.13. The summed E-state index contributed by atoms with van der Waals surface area (Å²) in [7, 11) is 0. The van der Waals surface area contributed by atoms with E-state index >= 15 is 0 Å². The first-order valence-electron chi connectivity index (χ1n) is 8.45. The Morgan fingerprint density at radius 1 is 0.692 bits per heavy atom. The Morgan fingerprint density at radius 2 is 1.08 bits per heavy atom. The summed E-state index contributed by atoms with van der Waals surface area (Å²) >= 11 is 0. The van der Waals surface area contributed by atoms with Crippen molar-refractivity contribution < 1.29 is 28.5 Å². The van der Waals surface area contributed by atoms with Crippen molar-refractivity contribution in [1.82, 2.24) is 0 Å². The molecule has 6 nitrogen and oxygen atoms in total. The lowest BCUT2D eigenvalue weighted by Crippen LogP contribution is -2.14. The fourth-order valence-corrected chi connectivity index (χ4v) is 2.24. The third kappa shape index (κ3) is 5.24. The van der Waals surface area contributed by atoms with E-state index < -0.39 is 11.9 Å². The number of carbonyl (C=O) groups excluding carboxylic acids is 2. The molecule has 0 N–H and O–H groups in total. The summed E-state index contributed by atoms with van der Waals surface area (Å²) in [4.78, 5) is 23.8. The van der Waals surface area contributed by atoms with Gasteiger partial charge in [0.1, 0.15) is 35.8 Å². The van der Waals surface area contributed by atoms with Gasteiger partial charge in [0.05, 0.1) is 13.2 Å². The van der Waals surface area contributed by atoms with Crippen LogP contribution in [0.15, 0.2) is 48.5 Å². The molecule has 0 saturated carbocycles. The fraction of sp³-hybridized carbons (Fsp3) is 0.300. The molecule has 0 unspecified atom stereocenters. The zero-order valence-corrected chi connectivity index (χ0v) is 14.9. The molecule has 2 rings (SSSR count). The molecular formula is C20H22O6. The minimum atomic E-state index is -0.434. The highest BCUT2D eigenvalue weighted by Gasteiger charge is 2.14. The molecule has 0 saturated heterocycles. The van der Waals surface area contributed by atoms with Crippen molar-refractivity contribution in [3.05, 3.63) is 59.7 Å². The Kier molecular flexibility index (Phi) is 7.49. The van der Waals surface area contributed by atoms with Gasteiger partial charge >= 0.3 is 11.9 Å². The molecule has 0 aliphatic carbocycles. The first-order valence-corrected chi connectivity index (χ1v) is 8.45. The summed E-state index contributed by atoms with van der Waals surface area (Å²) in [5, 5.41) is 0. The maximum Gasteiger partial charge on any atom is 0.341 e. The van der Waals surface area contributed by atoms with E-state index in [0.717, 1.165) is 0 Å². The molecule has 2 aromatic rings. The van der Waals surface area contributed by atoms with Crippen molar-refractivity contribution in [2.75, 3.05) is 26.4 Å².